The van der Waals surface area contributed by atoms with Crippen LogP contribution in [0.2, 0.25) is 0 Å². The molecule has 0 fully saturated rings. The summed E-state index contributed by atoms with van der Waals surface area (Å²) in [6.45, 7) is 0. The Kier molecular flexibility index (Phi) is 3.82. The number of hydrogen-bond acceptors (Lipinski definition) is 1. The van der Waals surface area contributed by atoms with Crippen molar-refractivity contribution in [3.05, 3.63) is 115 Å². The molecule has 0 radical (unpaired) electrons. The first kappa shape index (κ1) is 16.9. The van der Waals surface area contributed by atoms with E-state index < -0.39 is 0 Å². The van der Waals surface area contributed by atoms with Crippen molar-refractivity contribution in [1.29, 1.82) is 0 Å². The molecule has 6 aromatic rings. The summed E-state index contributed by atoms with van der Waals surface area (Å²) in [5.41, 5.74) is 5.80. The molecule has 6 rings (SSSR count). The molecule has 30 heavy (non-hydrogen) atoms. The predicted octanol–water partition coefficient (Wildman–Crippen LogP) is 7.68. The molecule has 142 valence electrons. The first-order chi connectivity index (χ1) is 14.9. The van der Waals surface area contributed by atoms with Crippen LogP contribution < -0.4 is 5.32 Å². The molecule has 0 atom stereocenters. The highest BCUT2D eigenvalue weighted by Crippen LogP contribution is 2.35. The second-order valence-electron chi connectivity index (χ2n) is 7.57. The monoisotopic (exact) mass is 384 g/mol. The third kappa shape index (κ3) is 2.66. The van der Waals surface area contributed by atoms with E-state index >= 15 is 0 Å². The Morgan fingerprint density at radius 3 is 2.10 bits per heavy atom. The summed E-state index contributed by atoms with van der Waals surface area (Å²) in [7, 11) is 0. The lowest BCUT2D eigenvalue weighted by molar-refractivity contribution is 1.18. The molecule has 2 heteroatoms. The van der Waals surface area contributed by atoms with Crippen molar-refractivity contribution in [3.8, 4) is 5.69 Å². The Balaban J connectivity index is 1.56. The Morgan fingerprint density at radius 2 is 1.20 bits per heavy atom. The Labute approximate surface area is 175 Å². The highest BCUT2D eigenvalue weighted by Gasteiger charge is 2.12. The smallest absolute Gasteiger partial charge is 0.0561 e. The van der Waals surface area contributed by atoms with E-state index in [0.29, 0.717) is 0 Å². The summed E-state index contributed by atoms with van der Waals surface area (Å²) in [4.78, 5) is 0. The van der Waals surface area contributed by atoms with Gasteiger partial charge in [0.15, 0.2) is 0 Å². The summed E-state index contributed by atoms with van der Waals surface area (Å²) >= 11 is 0. The minimum atomic E-state index is 1.08. The molecule has 1 aromatic heterocycles. The number of para-hydroxylation sites is 2. The van der Waals surface area contributed by atoms with Gasteiger partial charge in [-0.1, -0.05) is 78.9 Å². The fourth-order valence-corrected chi connectivity index (χ4v) is 4.39. The maximum atomic E-state index is 3.65. The van der Waals surface area contributed by atoms with Crippen LogP contribution in [0.1, 0.15) is 0 Å². The van der Waals surface area contributed by atoms with Crippen LogP contribution in [-0.4, -0.2) is 4.57 Å². The normalized spacial score (nSPS) is 11.3. The Bertz CT molecular complexity index is 1500. The zero-order valence-electron chi connectivity index (χ0n) is 16.4. The zero-order chi connectivity index (χ0) is 19.9. The van der Waals surface area contributed by atoms with Gasteiger partial charge in [-0.3, -0.25) is 0 Å². The van der Waals surface area contributed by atoms with Gasteiger partial charge in [0.2, 0.25) is 0 Å². The molecule has 0 saturated heterocycles. The van der Waals surface area contributed by atoms with Gasteiger partial charge in [-0.2, -0.15) is 0 Å². The van der Waals surface area contributed by atoms with Crippen LogP contribution in [0.3, 0.4) is 0 Å². The molecule has 1 N–H and O–H groups in total. The van der Waals surface area contributed by atoms with Crippen LogP contribution >= 0.6 is 0 Å². The Morgan fingerprint density at radius 1 is 0.500 bits per heavy atom. The second-order valence-corrected chi connectivity index (χ2v) is 7.57. The van der Waals surface area contributed by atoms with E-state index in [9.17, 15) is 0 Å². The summed E-state index contributed by atoms with van der Waals surface area (Å²) in [6, 6.07) is 40.7. The maximum Gasteiger partial charge on any atom is 0.0561 e. The topological polar surface area (TPSA) is 17.0 Å². The predicted molar refractivity (Wildman–Crippen MR) is 128 cm³/mol. The lowest BCUT2D eigenvalue weighted by Gasteiger charge is -2.12. The van der Waals surface area contributed by atoms with Crippen LogP contribution in [-0.2, 0) is 0 Å². The highest BCUT2D eigenvalue weighted by atomic mass is 15.0. The Hall–Kier alpha value is -4.04. The van der Waals surface area contributed by atoms with Crippen molar-refractivity contribution < 1.29 is 0 Å². The molecule has 0 unspecified atom stereocenters. The average molecular weight is 384 g/mol. The molecular formula is C28H20N2. The molecule has 0 aliphatic rings. The van der Waals surface area contributed by atoms with E-state index in [1.165, 1.54) is 38.3 Å². The summed E-state index contributed by atoms with van der Waals surface area (Å²) in [5, 5.41) is 8.65. The fourth-order valence-electron chi connectivity index (χ4n) is 4.39. The molecule has 0 saturated carbocycles. The number of anilines is 2. The van der Waals surface area contributed by atoms with Crippen molar-refractivity contribution in [2.45, 2.75) is 0 Å². The van der Waals surface area contributed by atoms with Gasteiger partial charge >= 0.3 is 0 Å². The van der Waals surface area contributed by atoms with Gasteiger partial charge in [-0.25, -0.2) is 0 Å². The molecule has 0 aliphatic heterocycles. The number of rotatable bonds is 3. The fraction of sp³-hybridized carbons (Fsp3) is 0. The first-order valence-electron chi connectivity index (χ1n) is 10.2. The van der Waals surface area contributed by atoms with Crippen LogP contribution in [0.5, 0.6) is 0 Å². The van der Waals surface area contributed by atoms with E-state index in [-0.39, 0.29) is 0 Å². The highest BCUT2D eigenvalue weighted by molar-refractivity contribution is 6.10. The lowest BCUT2D eigenvalue weighted by Crippen LogP contribution is -1.95. The molecule has 5 aromatic carbocycles. The number of aromatic nitrogens is 1. The van der Waals surface area contributed by atoms with Crippen LogP contribution in [0.4, 0.5) is 11.4 Å². The average Bonchev–Trinajstić information content (AvgIpc) is 3.13. The van der Waals surface area contributed by atoms with Crippen molar-refractivity contribution >= 4 is 44.0 Å². The van der Waals surface area contributed by atoms with Gasteiger partial charge in [0.1, 0.15) is 0 Å². The third-order valence-corrected chi connectivity index (χ3v) is 5.76. The lowest BCUT2D eigenvalue weighted by atomic mass is 10.1. The minimum Gasteiger partial charge on any atom is -0.355 e. The van der Waals surface area contributed by atoms with E-state index in [4.69, 9.17) is 0 Å². The van der Waals surface area contributed by atoms with Gasteiger partial charge < -0.3 is 9.88 Å². The van der Waals surface area contributed by atoms with E-state index in [1.807, 2.05) is 0 Å². The van der Waals surface area contributed by atoms with Crippen molar-refractivity contribution in [2.75, 3.05) is 5.32 Å². The van der Waals surface area contributed by atoms with Crippen molar-refractivity contribution in [2.24, 2.45) is 0 Å². The van der Waals surface area contributed by atoms with Crippen molar-refractivity contribution in [3.63, 3.8) is 0 Å². The van der Waals surface area contributed by atoms with Crippen molar-refractivity contribution in [1.82, 2.24) is 4.57 Å². The summed E-state index contributed by atoms with van der Waals surface area (Å²) < 4.78 is 2.35. The summed E-state index contributed by atoms with van der Waals surface area (Å²) in [6.07, 6.45) is 0. The molecule has 2 nitrogen and oxygen atoms in total. The number of nitrogens with zero attached hydrogens (tertiary/aromatic N) is 1. The van der Waals surface area contributed by atoms with Gasteiger partial charge in [-0.05, 0) is 41.8 Å². The van der Waals surface area contributed by atoms with E-state index in [0.717, 1.165) is 11.4 Å². The molecule has 0 spiro atoms. The third-order valence-electron chi connectivity index (χ3n) is 5.76. The van der Waals surface area contributed by atoms with Crippen LogP contribution in [0.15, 0.2) is 115 Å². The second kappa shape index (κ2) is 6.78. The molecule has 0 bridgehead atoms. The minimum absolute atomic E-state index is 1.08. The van der Waals surface area contributed by atoms with E-state index in [1.54, 1.807) is 0 Å². The van der Waals surface area contributed by atoms with Gasteiger partial charge in [0.05, 0.1) is 11.0 Å². The standard InChI is InChI=1S/C28H20N2/c1-2-11-22(12-3-1)30-27-16-7-6-14-24(27)25-18-17-21(19-28(25)30)29-26-15-8-10-20-9-4-5-13-23(20)26/h1-19,29H. The zero-order valence-corrected chi connectivity index (χ0v) is 16.4. The quantitative estimate of drug-likeness (QED) is 0.331. The number of nitrogens with one attached hydrogen (secondary N) is 1. The van der Waals surface area contributed by atoms with Crippen LogP contribution in [0, 0.1) is 0 Å². The van der Waals surface area contributed by atoms with Gasteiger partial charge in [0.25, 0.3) is 0 Å². The maximum absolute atomic E-state index is 3.65. The van der Waals surface area contributed by atoms with Crippen LogP contribution in [0.25, 0.3) is 38.3 Å². The molecular weight excluding hydrogens is 364 g/mol. The molecule has 1 heterocycles. The molecule has 0 amide bonds. The number of fused-ring (bicyclic) bond motifs is 4. The number of hydrogen-bond donors (Lipinski definition) is 1. The summed E-state index contributed by atoms with van der Waals surface area (Å²) in [5.74, 6) is 0. The largest absolute Gasteiger partial charge is 0.355 e. The SMILES string of the molecule is c1ccc(-n2c3ccccc3c3ccc(Nc4cccc5ccccc45)cc32)cc1. The van der Waals surface area contributed by atoms with Gasteiger partial charge in [0, 0.05) is 33.2 Å². The van der Waals surface area contributed by atoms with Gasteiger partial charge in [-0.15, -0.1) is 0 Å². The van der Waals surface area contributed by atoms with E-state index in [2.05, 4.69) is 125 Å². The first-order valence-corrected chi connectivity index (χ1v) is 10.2. The number of benzene rings is 5. The molecule has 0 aliphatic carbocycles.